The van der Waals surface area contributed by atoms with Gasteiger partial charge in [0.25, 0.3) is 0 Å². The van der Waals surface area contributed by atoms with E-state index in [1.165, 1.54) is 6.07 Å². The third kappa shape index (κ3) is 2.91. The van der Waals surface area contributed by atoms with Gasteiger partial charge >= 0.3 is 0 Å². The van der Waals surface area contributed by atoms with Crippen LogP contribution < -0.4 is 5.32 Å². The summed E-state index contributed by atoms with van der Waals surface area (Å²) in [7, 11) is 0. The normalized spacial score (nSPS) is 9.77. The Morgan fingerprint density at radius 2 is 2.08 bits per heavy atom. The molecule has 0 fully saturated rings. The van der Waals surface area contributed by atoms with Gasteiger partial charge in [-0.1, -0.05) is 22.6 Å². The highest BCUT2D eigenvalue weighted by atomic mass is 127. The minimum Gasteiger partial charge on any atom is -0.325 e. The zero-order valence-corrected chi connectivity index (χ0v) is 8.64. The summed E-state index contributed by atoms with van der Waals surface area (Å²) in [6.45, 7) is 0. The van der Waals surface area contributed by atoms with Gasteiger partial charge in [0.2, 0.25) is 5.91 Å². The fraction of sp³-hybridized carbons (Fsp3) is 0.125. The van der Waals surface area contributed by atoms with Crippen molar-refractivity contribution in [2.75, 3.05) is 9.74 Å². The highest BCUT2D eigenvalue weighted by molar-refractivity contribution is 14.1. The molecule has 0 saturated heterocycles. The molecule has 1 aromatic rings. The van der Waals surface area contributed by atoms with E-state index in [0.29, 0.717) is 0 Å². The Morgan fingerprint density at radius 1 is 1.38 bits per heavy atom. The van der Waals surface area contributed by atoms with Gasteiger partial charge in [0.15, 0.2) is 11.6 Å². The fourth-order valence-electron chi connectivity index (χ4n) is 0.768. The maximum absolute atomic E-state index is 12.6. The summed E-state index contributed by atoms with van der Waals surface area (Å²) in [4.78, 5) is 10.8. The average molecular weight is 297 g/mol. The van der Waals surface area contributed by atoms with Gasteiger partial charge in [-0.05, 0) is 12.1 Å². The monoisotopic (exact) mass is 297 g/mol. The number of rotatable bonds is 2. The summed E-state index contributed by atoms with van der Waals surface area (Å²) < 4.78 is 25.3. The van der Waals surface area contributed by atoms with E-state index in [-0.39, 0.29) is 16.0 Å². The predicted molar refractivity (Wildman–Crippen MR) is 53.9 cm³/mol. The fourth-order valence-corrected chi connectivity index (χ4v) is 0.959. The second kappa shape index (κ2) is 4.50. The lowest BCUT2D eigenvalue weighted by molar-refractivity contribution is -0.113. The number of carbonyl (C=O) groups is 1. The van der Waals surface area contributed by atoms with Gasteiger partial charge < -0.3 is 5.32 Å². The maximum Gasteiger partial charge on any atom is 0.234 e. The summed E-state index contributed by atoms with van der Waals surface area (Å²) in [5.41, 5.74) is 0.264. The lowest BCUT2D eigenvalue weighted by Crippen LogP contribution is -2.12. The number of hydrogen-bond acceptors (Lipinski definition) is 1. The van der Waals surface area contributed by atoms with Crippen molar-refractivity contribution in [3.8, 4) is 0 Å². The molecule has 0 atom stereocenters. The lowest BCUT2D eigenvalue weighted by atomic mass is 10.3. The third-order valence-corrected chi connectivity index (χ3v) is 2.02. The molecule has 0 radical (unpaired) electrons. The second-order valence-corrected chi connectivity index (χ2v) is 3.07. The van der Waals surface area contributed by atoms with E-state index in [2.05, 4.69) is 5.32 Å². The van der Waals surface area contributed by atoms with E-state index < -0.39 is 11.6 Å². The summed E-state index contributed by atoms with van der Waals surface area (Å²) in [5, 5.41) is 2.41. The largest absolute Gasteiger partial charge is 0.325 e. The van der Waals surface area contributed by atoms with Crippen molar-refractivity contribution >= 4 is 34.2 Å². The first-order valence-electron chi connectivity index (χ1n) is 3.44. The molecule has 2 nitrogen and oxygen atoms in total. The van der Waals surface area contributed by atoms with Crippen molar-refractivity contribution in [3.05, 3.63) is 29.8 Å². The molecular weight excluding hydrogens is 291 g/mol. The molecule has 0 aliphatic rings. The molecule has 0 aliphatic carbocycles. The topological polar surface area (TPSA) is 29.1 Å². The highest BCUT2D eigenvalue weighted by Gasteiger charge is 2.04. The second-order valence-electron chi connectivity index (χ2n) is 2.31. The van der Waals surface area contributed by atoms with Crippen LogP contribution in [-0.2, 0) is 4.79 Å². The number of alkyl halides is 1. The Hall–Kier alpha value is -0.720. The predicted octanol–water partition coefficient (Wildman–Crippen LogP) is 2.34. The first kappa shape index (κ1) is 10.4. The Morgan fingerprint density at radius 3 is 2.62 bits per heavy atom. The van der Waals surface area contributed by atoms with Gasteiger partial charge in [0, 0.05) is 11.8 Å². The Balaban J connectivity index is 2.79. The van der Waals surface area contributed by atoms with Crippen LogP contribution in [0, 0.1) is 11.6 Å². The number of benzene rings is 1. The number of halogens is 3. The van der Waals surface area contributed by atoms with Crippen molar-refractivity contribution in [1.82, 2.24) is 0 Å². The maximum atomic E-state index is 12.6. The summed E-state index contributed by atoms with van der Waals surface area (Å²) in [6, 6.07) is 3.22. The van der Waals surface area contributed by atoms with Gasteiger partial charge in [-0.25, -0.2) is 8.78 Å². The average Bonchev–Trinajstić information content (AvgIpc) is 2.11. The van der Waals surface area contributed by atoms with E-state index in [0.717, 1.165) is 12.1 Å². The van der Waals surface area contributed by atoms with Gasteiger partial charge in [0.05, 0.1) is 4.43 Å². The van der Waals surface area contributed by atoms with E-state index in [1.54, 1.807) is 0 Å². The number of carbonyl (C=O) groups excluding carboxylic acids is 1. The number of nitrogens with one attached hydrogen (secondary N) is 1. The molecular formula is C8H6F2INO. The standard InChI is InChI=1S/C8H6F2INO/c9-6-2-1-5(3-7(6)10)12-8(13)4-11/h1-3H,4H2,(H,12,13). The molecule has 1 rings (SSSR count). The Labute approximate surface area is 87.5 Å². The summed E-state index contributed by atoms with van der Waals surface area (Å²) in [6.07, 6.45) is 0. The van der Waals surface area contributed by atoms with Crippen LogP contribution in [-0.4, -0.2) is 10.3 Å². The van der Waals surface area contributed by atoms with Gasteiger partial charge in [-0.2, -0.15) is 0 Å². The van der Waals surface area contributed by atoms with Crippen molar-refractivity contribution < 1.29 is 13.6 Å². The van der Waals surface area contributed by atoms with Crippen LogP contribution in [0.25, 0.3) is 0 Å². The quantitative estimate of drug-likeness (QED) is 0.659. The van der Waals surface area contributed by atoms with Crippen LogP contribution in [0.1, 0.15) is 0 Å². The molecule has 0 heterocycles. The van der Waals surface area contributed by atoms with Crippen LogP contribution in [0.15, 0.2) is 18.2 Å². The smallest absolute Gasteiger partial charge is 0.234 e. The van der Waals surface area contributed by atoms with Crippen molar-refractivity contribution in [2.45, 2.75) is 0 Å². The Bertz CT molecular complexity index is 330. The zero-order chi connectivity index (χ0) is 9.84. The van der Waals surface area contributed by atoms with Crippen molar-refractivity contribution in [1.29, 1.82) is 0 Å². The van der Waals surface area contributed by atoms with Gasteiger partial charge in [-0.15, -0.1) is 0 Å². The van der Waals surface area contributed by atoms with Gasteiger partial charge in [0.1, 0.15) is 0 Å². The number of amides is 1. The number of hydrogen-bond donors (Lipinski definition) is 1. The zero-order valence-electron chi connectivity index (χ0n) is 6.48. The highest BCUT2D eigenvalue weighted by Crippen LogP contribution is 2.12. The molecule has 0 unspecified atom stereocenters. The molecule has 0 saturated carbocycles. The van der Waals surface area contributed by atoms with E-state index >= 15 is 0 Å². The molecule has 1 amide bonds. The molecule has 1 N–H and O–H groups in total. The molecule has 0 bridgehead atoms. The summed E-state index contributed by atoms with van der Waals surface area (Å²) >= 11 is 1.88. The van der Waals surface area contributed by atoms with Crippen molar-refractivity contribution in [2.24, 2.45) is 0 Å². The van der Waals surface area contributed by atoms with E-state index in [9.17, 15) is 13.6 Å². The van der Waals surface area contributed by atoms with Crippen LogP contribution in [0.2, 0.25) is 0 Å². The molecule has 70 valence electrons. The van der Waals surface area contributed by atoms with E-state index in [4.69, 9.17) is 0 Å². The van der Waals surface area contributed by atoms with Crippen LogP contribution >= 0.6 is 22.6 Å². The Kier molecular flexibility index (Phi) is 3.58. The van der Waals surface area contributed by atoms with Gasteiger partial charge in [-0.3, -0.25) is 4.79 Å². The first-order valence-corrected chi connectivity index (χ1v) is 4.97. The minimum atomic E-state index is -0.966. The number of anilines is 1. The molecule has 0 spiro atoms. The van der Waals surface area contributed by atoms with Crippen molar-refractivity contribution in [3.63, 3.8) is 0 Å². The van der Waals surface area contributed by atoms with Crippen LogP contribution in [0.3, 0.4) is 0 Å². The molecule has 0 aliphatic heterocycles. The minimum absolute atomic E-state index is 0.244. The summed E-state index contributed by atoms with van der Waals surface area (Å²) in [5.74, 6) is -2.13. The molecule has 13 heavy (non-hydrogen) atoms. The van der Waals surface area contributed by atoms with Crippen LogP contribution in [0.5, 0.6) is 0 Å². The van der Waals surface area contributed by atoms with Crippen LogP contribution in [0.4, 0.5) is 14.5 Å². The first-order chi connectivity index (χ1) is 6.13. The molecule has 0 aromatic heterocycles. The lowest BCUT2D eigenvalue weighted by Gasteiger charge is -2.02. The molecule has 1 aromatic carbocycles. The molecule has 5 heteroatoms. The van der Waals surface area contributed by atoms with E-state index in [1.807, 2.05) is 22.6 Å². The third-order valence-electron chi connectivity index (χ3n) is 1.32. The SMILES string of the molecule is O=C(CI)Nc1ccc(F)c(F)c1.